The summed E-state index contributed by atoms with van der Waals surface area (Å²) >= 11 is 0. The van der Waals surface area contributed by atoms with E-state index in [2.05, 4.69) is 21.5 Å². The van der Waals surface area contributed by atoms with Crippen molar-refractivity contribution in [2.24, 2.45) is 7.05 Å². The van der Waals surface area contributed by atoms with E-state index in [-0.39, 0.29) is 5.82 Å². The maximum Gasteiger partial charge on any atom is 0.151 e. The first-order valence-corrected chi connectivity index (χ1v) is 5.93. The summed E-state index contributed by atoms with van der Waals surface area (Å²) in [5, 5.41) is 16.2. The molecule has 6 heteroatoms. The number of aromatic nitrogens is 3. The molecule has 5 nitrogen and oxygen atoms in total. The van der Waals surface area contributed by atoms with E-state index in [0.717, 1.165) is 5.82 Å². The van der Waals surface area contributed by atoms with Crippen LogP contribution in [-0.2, 0) is 20.0 Å². The Kier molecular flexibility index (Phi) is 4.21. The lowest BCUT2D eigenvalue weighted by Gasteiger charge is -2.05. The summed E-state index contributed by atoms with van der Waals surface area (Å²) in [6.07, 6.45) is 2.34. The van der Waals surface area contributed by atoms with E-state index in [4.69, 9.17) is 5.26 Å². The standard InChI is InChI=1S/C13H14FN5/c1-19-9-17-13(18-19)4-5-16-8-11-6-12(14)3-2-10(11)7-15/h2-3,6,9,16H,4-5,8H2,1H3. The van der Waals surface area contributed by atoms with Crippen LogP contribution in [0.5, 0.6) is 0 Å². The molecular formula is C13H14FN5. The van der Waals surface area contributed by atoms with Gasteiger partial charge in [-0.25, -0.2) is 9.37 Å². The van der Waals surface area contributed by atoms with Crippen molar-refractivity contribution < 1.29 is 4.39 Å². The molecule has 0 radical (unpaired) electrons. The second kappa shape index (κ2) is 6.07. The Morgan fingerprint density at radius 3 is 3.00 bits per heavy atom. The van der Waals surface area contributed by atoms with Crippen molar-refractivity contribution in [3.63, 3.8) is 0 Å². The maximum atomic E-state index is 13.1. The van der Waals surface area contributed by atoms with E-state index in [1.807, 2.05) is 7.05 Å². The minimum atomic E-state index is -0.331. The van der Waals surface area contributed by atoms with E-state index in [9.17, 15) is 4.39 Å². The van der Waals surface area contributed by atoms with E-state index < -0.39 is 0 Å². The third kappa shape index (κ3) is 3.60. The van der Waals surface area contributed by atoms with Crippen LogP contribution in [0.3, 0.4) is 0 Å². The summed E-state index contributed by atoms with van der Waals surface area (Å²) in [7, 11) is 1.82. The summed E-state index contributed by atoms with van der Waals surface area (Å²) in [4.78, 5) is 4.11. The molecular weight excluding hydrogens is 245 g/mol. The molecule has 0 aliphatic rings. The smallest absolute Gasteiger partial charge is 0.151 e. The molecule has 98 valence electrons. The third-order valence-electron chi connectivity index (χ3n) is 2.68. The van der Waals surface area contributed by atoms with E-state index in [1.165, 1.54) is 18.2 Å². The highest BCUT2D eigenvalue weighted by molar-refractivity contribution is 5.37. The van der Waals surface area contributed by atoms with Gasteiger partial charge >= 0.3 is 0 Å². The van der Waals surface area contributed by atoms with Crippen molar-refractivity contribution in [3.8, 4) is 6.07 Å². The molecule has 0 spiro atoms. The molecule has 1 heterocycles. The third-order valence-corrected chi connectivity index (χ3v) is 2.68. The molecule has 0 fully saturated rings. The number of halogens is 1. The number of rotatable bonds is 5. The van der Waals surface area contributed by atoms with Crippen molar-refractivity contribution >= 4 is 0 Å². The topological polar surface area (TPSA) is 66.5 Å². The Hall–Kier alpha value is -2.26. The lowest BCUT2D eigenvalue weighted by molar-refractivity contribution is 0.617. The van der Waals surface area contributed by atoms with Crippen LogP contribution in [0.25, 0.3) is 0 Å². The fourth-order valence-electron chi connectivity index (χ4n) is 1.74. The molecule has 0 aliphatic heterocycles. The first-order valence-electron chi connectivity index (χ1n) is 5.93. The van der Waals surface area contributed by atoms with Gasteiger partial charge in [-0.3, -0.25) is 4.68 Å². The van der Waals surface area contributed by atoms with Crippen molar-refractivity contribution in [3.05, 3.63) is 47.3 Å². The van der Waals surface area contributed by atoms with Crippen molar-refractivity contribution in [2.45, 2.75) is 13.0 Å². The second-order valence-corrected chi connectivity index (χ2v) is 4.17. The van der Waals surface area contributed by atoms with Gasteiger partial charge in [0.1, 0.15) is 12.1 Å². The Morgan fingerprint density at radius 2 is 2.32 bits per heavy atom. The zero-order chi connectivity index (χ0) is 13.7. The van der Waals surface area contributed by atoms with Gasteiger partial charge in [0.15, 0.2) is 5.82 Å². The van der Waals surface area contributed by atoms with Crippen LogP contribution in [0, 0.1) is 17.1 Å². The Bertz CT molecular complexity index is 599. The van der Waals surface area contributed by atoms with Gasteiger partial charge < -0.3 is 5.32 Å². The van der Waals surface area contributed by atoms with E-state index in [1.54, 1.807) is 11.0 Å². The predicted octanol–water partition coefficient (Wildman–Crippen LogP) is 1.16. The summed E-state index contributed by atoms with van der Waals surface area (Å²) in [5.74, 6) is 0.428. The molecule has 0 bridgehead atoms. The van der Waals surface area contributed by atoms with Gasteiger partial charge in [0.2, 0.25) is 0 Å². The summed E-state index contributed by atoms with van der Waals surface area (Å²) in [6.45, 7) is 1.12. The van der Waals surface area contributed by atoms with E-state index >= 15 is 0 Å². The minimum Gasteiger partial charge on any atom is -0.312 e. The number of nitrogens with one attached hydrogen (secondary N) is 1. The Labute approximate surface area is 110 Å². The zero-order valence-corrected chi connectivity index (χ0v) is 10.6. The van der Waals surface area contributed by atoms with Crippen LogP contribution >= 0.6 is 0 Å². The van der Waals surface area contributed by atoms with Crippen LogP contribution in [0.1, 0.15) is 17.0 Å². The number of benzene rings is 1. The highest BCUT2D eigenvalue weighted by Crippen LogP contribution is 2.10. The summed E-state index contributed by atoms with van der Waals surface area (Å²) in [6, 6.07) is 6.21. The molecule has 1 aromatic carbocycles. The van der Waals surface area contributed by atoms with Gasteiger partial charge in [-0.15, -0.1) is 0 Å². The summed E-state index contributed by atoms with van der Waals surface area (Å²) in [5.41, 5.74) is 1.15. The monoisotopic (exact) mass is 259 g/mol. The second-order valence-electron chi connectivity index (χ2n) is 4.17. The van der Waals surface area contributed by atoms with Crippen molar-refractivity contribution in [2.75, 3.05) is 6.54 Å². The van der Waals surface area contributed by atoms with Crippen molar-refractivity contribution in [1.82, 2.24) is 20.1 Å². The van der Waals surface area contributed by atoms with Crippen LogP contribution in [0.2, 0.25) is 0 Å². The van der Waals surface area contributed by atoms with Crippen LogP contribution < -0.4 is 5.32 Å². The Morgan fingerprint density at radius 1 is 1.47 bits per heavy atom. The fraction of sp³-hybridized carbons (Fsp3) is 0.308. The lowest BCUT2D eigenvalue weighted by atomic mass is 10.1. The normalized spacial score (nSPS) is 10.4. The van der Waals surface area contributed by atoms with Crippen molar-refractivity contribution in [1.29, 1.82) is 5.26 Å². The van der Waals surface area contributed by atoms with Gasteiger partial charge in [0.05, 0.1) is 11.6 Å². The average Bonchev–Trinajstić information content (AvgIpc) is 2.81. The minimum absolute atomic E-state index is 0.331. The van der Waals surface area contributed by atoms with Crippen LogP contribution in [-0.4, -0.2) is 21.3 Å². The molecule has 0 amide bonds. The molecule has 19 heavy (non-hydrogen) atoms. The quantitative estimate of drug-likeness (QED) is 0.818. The van der Waals surface area contributed by atoms with Gasteiger partial charge in [-0.05, 0) is 23.8 Å². The van der Waals surface area contributed by atoms with Crippen LogP contribution in [0.4, 0.5) is 4.39 Å². The van der Waals surface area contributed by atoms with Gasteiger partial charge in [-0.2, -0.15) is 10.4 Å². The SMILES string of the molecule is Cn1cnc(CCNCc2cc(F)ccc2C#N)n1. The van der Waals surface area contributed by atoms with Gasteiger partial charge in [-0.1, -0.05) is 0 Å². The van der Waals surface area contributed by atoms with Gasteiger partial charge in [0.25, 0.3) is 0 Å². The maximum absolute atomic E-state index is 13.1. The lowest BCUT2D eigenvalue weighted by Crippen LogP contribution is -2.18. The molecule has 2 rings (SSSR count). The summed E-state index contributed by atoms with van der Waals surface area (Å²) < 4.78 is 14.7. The highest BCUT2D eigenvalue weighted by Gasteiger charge is 2.04. The Balaban J connectivity index is 1.86. The largest absolute Gasteiger partial charge is 0.312 e. The molecule has 1 N–H and O–H groups in total. The number of nitrogens with zero attached hydrogens (tertiary/aromatic N) is 4. The molecule has 0 saturated carbocycles. The highest BCUT2D eigenvalue weighted by atomic mass is 19.1. The molecule has 0 saturated heterocycles. The predicted molar refractivity (Wildman–Crippen MR) is 67.5 cm³/mol. The molecule has 0 aliphatic carbocycles. The molecule has 2 aromatic rings. The first kappa shape index (κ1) is 13.2. The zero-order valence-electron chi connectivity index (χ0n) is 10.6. The number of aryl methyl sites for hydroxylation is 1. The molecule has 1 aromatic heterocycles. The van der Waals surface area contributed by atoms with E-state index in [0.29, 0.717) is 30.6 Å². The van der Waals surface area contributed by atoms with Gasteiger partial charge in [0, 0.05) is 26.6 Å². The molecule has 0 unspecified atom stereocenters. The average molecular weight is 259 g/mol. The number of hydrogen-bond donors (Lipinski definition) is 1. The number of hydrogen-bond acceptors (Lipinski definition) is 4. The van der Waals surface area contributed by atoms with Crippen LogP contribution in [0.15, 0.2) is 24.5 Å². The first-order chi connectivity index (χ1) is 9.19. The fourth-order valence-corrected chi connectivity index (χ4v) is 1.74. The molecule has 0 atom stereocenters. The number of nitriles is 1.